The van der Waals surface area contributed by atoms with Crippen LogP contribution in [0.2, 0.25) is 5.02 Å². The predicted octanol–water partition coefficient (Wildman–Crippen LogP) is 7.10. The van der Waals surface area contributed by atoms with Crippen LogP contribution in [0.1, 0.15) is 36.3 Å². The number of carboxylic acid groups (broad SMARTS) is 1. The van der Waals surface area contributed by atoms with Crippen LogP contribution < -0.4 is 15.4 Å². The molecule has 1 aliphatic rings. The molecule has 0 bridgehead atoms. The number of nitrogens with one attached hydrogen (secondary N) is 2. The fraction of sp³-hybridized carbons (Fsp3) is 0.250. The molecule has 3 N–H and O–H groups in total. The Kier molecular flexibility index (Phi) is 9.65. The van der Waals surface area contributed by atoms with Crippen molar-refractivity contribution in [1.82, 2.24) is 15.3 Å². The van der Waals surface area contributed by atoms with Crippen molar-refractivity contribution in [3.8, 4) is 17.6 Å². The molecule has 0 aliphatic carbocycles. The van der Waals surface area contributed by atoms with Crippen molar-refractivity contribution < 1.29 is 32.2 Å². The quantitative estimate of drug-likeness (QED) is 0.165. The maximum absolute atomic E-state index is 13.5. The third-order valence-electron chi connectivity index (χ3n) is 5.80. The fourth-order valence-electron chi connectivity index (χ4n) is 3.80. The zero-order valence-corrected chi connectivity index (χ0v) is 23.0. The van der Waals surface area contributed by atoms with Gasteiger partial charge in [-0.1, -0.05) is 35.6 Å². The summed E-state index contributed by atoms with van der Waals surface area (Å²) >= 11 is 8.05. The van der Waals surface area contributed by atoms with E-state index in [9.17, 15) is 17.6 Å². The molecule has 7 nitrogen and oxygen atoms in total. The summed E-state index contributed by atoms with van der Waals surface area (Å²) in [6.45, 7) is 2.89. The topological polar surface area (TPSA) is 96.4 Å². The van der Waals surface area contributed by atoms with E-state index in [0.717, 1.165) is 39.3 Å². The fourth-order valence-corrected chi connectivity index (χ4v) is 4.94. The average molecular weight is 607 g/mol. The second-order valence-electron chi connectivity index (χ2n) is 8.85. The van der Waals surface area contributed by atoms with E-state index in [2.05, 4.69) is 32.4 Å². The molecule has 3 heterocycles. The number of alkyl halides is 3. The van der Waals surface area contributed by atoms with Crippen LogP contribution in [0, 0.1) is 17.7 Å². The lowest BCUT2D eigenvalue weighted by Gasteiger charge is -2.17. The van der Waals surface area contributed by atoms with E-state index in [1.807, 2.05) is 25.1 Å². The number of ether oxygens (including phenoxy) is 1. The summed E-state index contributed by atoms with van der Waals surface area (Å²) in [5, 5.41) is 14.3. The highest BCUT2D eigenvalue weighted by Gasteiger charge is 2.38. The first kappa shape index (κ1) is 30.0. The Labute approximate surface area is 241 Å². The van der Waals surface area contributed by atoms with Crippen LogP contribution in [-0.4, -0.2) is 39.8 Å². The third-order valence-corrected chi connectivity index (χ3v) is 7.14. The van der Waals surface area contributed by atoms with Crippen LogP contribution in [0.15, 0.2) is 54.9 Å². The van der Waals surface area contributed by atoms with Gasteiger partial charge in [0.2, 0.25) is 0 Å². The normalized spacial score (nSPS) is 15.3. The van der Waals surface area contributed by atoms with Crippen LogP contribution in [0.3, 0.4) is 0 Å². The molecule has 0 amide bonds. The molecule has 1 aliphatic heterocycles. The molecular formula is C28H23ClF4N4O3S. The number of aromatic nitrogens is 2. The minimum Gasteiger partial charge on any atom is -0.484 e. The highest BCUT2D eigenvalue weighted by molar-refractivity contribution is 7.20. The molecule has 2 atom stereocenters. The van der Waals surface area contributed by atoms with E-state index in [-0.39, 0.29) is 18.0 Å². The largest absolute Gasteiger partial charge is 0.490 e. The maximum Gasteiger partial charge on any atom is 0.490 e. The van der Waals surface area contributed by atoms with Crippen molar-refractivity contribution in [2.45, 2.75) is 38.1 Å². The van der Waals surface area contributed by atoms with Crippen LogP contribution >= 0.6 is 22.9 Å². The lowest BCUT2D eigenvalue weighted by atomic mass is 10.1. The molecule has 0 spiro atoms. The van der Waals surface area contributed by atoms with Crippen LogP contribution in [0.25, 0.3) is 10.2 Å². The Morgan fingerprint density at radius 1 is 1.24 bits per heavy atom. The molecule has 5 rings (SSSR count). The minimum atomic E-state index is -5.08. The summed E-state index contributed by atoms with van der Waals surface area (Å²) in [5.74, 6) is 4.73. The van der Waals surface area contributed by atoms with Crippen molar-refractivity contribution in [2.75, 3.05) is 11.9 Å². The lowest BCUT2D eigenvalue weighted by molar-refractivity contribution is -0.192. The van der Waals surface area contributed by atoms with Gasteiger partial charge in [-0.3, -0.25) is 0 Å². The highest BCUT2D eigenvalue weighted by Crippen LogP contribution is 2.35. The molecule has 0 saturated carbocycles. The van der Waals surface area contributed by atoms with Gasteiger partial charge in [0.25, 0.3) is 0 Å². The van der Waals surface area contributed by atoms with Crippen LogP contribution in [0.4, 0.5) is 29.1 Å². The van der Waals surface area contributed by atoms with Gasteiger partial charge in [0.15, 0.2) is 5.82 Å². The van der Waals surface area contributed by atoms with Gasteiger partial charge >= 0.3 is 12.1 Å². The molecule has 214 valence electrons. The number of carbonyl (C=O) groups is 1. The number of aliphatic carboxylic acids is 1. The zero-order valence-electron chi connectivity index (χ0n) is 21.4. The molecule has 1 saturated heterocycles. The second-order valence-corrected chi connectivity index (χ2v) is 10.3. The first-order valence-corrected chi connectivity index (χ1v) is 13.5. The van der Waals surface area contributed by atoms with Gasteiger partial charge < -0.3 is 20.5 Å². The number of rotatable bonds is 5. The van der Waals surface area contributed by atoms with Crippen molar-refractivity contribution in [1.29, 1.82) is 0 Å². The van der Waals surface area contributed by atoms with Crippen molar-refractivity contribution >= 4 is 50.6 Å². The summed E-state index contributed by atoms with van der Waals surface area (Å²) < 4.78 is 52.2. The van der Waals surface area contributed by atoms with Gasteiger partial charge in [0.05, 0.1) is 26.2 Å². The lowest BCUT2D eigenvalue weighted by Crippen LogP contribution is -2.21. The van der Waals surface area contributed by atoms with Gasteiger partial charge in [0.1, 0.15) is 24.0 Å². The van der Waals surface area contributed by atoms with E-state index in [0.29, 0.717) is 16.6 Å². The minimum absolute atomic E-state index is 0.264. The van der Waals surface area contributed by atoms with E-state index >= 15 is 0 Å². The summed E-state index contributed by atoms with van der Waals surface area (Å²) in [6, 6.07) is 14.0. The highest BCUT2D eigenvalue weighted by atomic mass is 35.5. The Hall–Kier alpha value is -3.92. The standard InChI is InChI=1S/C26H22ClFN4OS.C2HF3O2/c1-16(17-4-2-5-18(28)12-17)33-24-10-8-20(13-22(24)27)32-26-25-23(30-15-31-26)14-21(34-25)9-7-19-6-3-11-29-19;3-2(4,5)1(6)7/h2,4-5,8,10,12-16,19,29H,3,6,11H2,1H3,(H,30,31,32);(H,6,7)/t16-,19-;/m1./s1. The smallest absolute Gasteiger partial charge is 0.484 e. The second kappa shape index (κ2) is 13.2. The molecule has 0 unspecified atom stereocenters. The molecule has 1 fully saturated rings. The van der Waals surface area contributed by atoms with Crippen molar-refractivity contribution in [2.24, 2.45) is 0 Å². The van der Waals surface area contributed by atoms with E-state index in [1.54, 1.807) is 29.5 Å². The molecule has 0 radical (unpaired) electrons. The van der Waals surface area contributed by atoms with Gasteiger partial charge in [-0.25, -0.2) is 19.2 Å². The number of hydrogen-bond acceptors (Lipinski definition) is 7. The predicted molar refractivity (Wildman–Crippen MR) is 149 cm³/mol. The number of nitrogens with zero attached hydrogens (tertiary/aromatic N) is 2. The van der Waals surface area contributed by atoms with Crippen LogP contribution in [0.5, 0.6) is 5.75 Å². The van der Waals surface area contributed by atoms with E-state index < -0.39 is 12.1 Å². The molecule has 4 aromatic rings. The van der Waals surface area contributed by atoms with Gasteiger partial charge in [-0.15, -0.1) is 11.3 Å². The maximum atomic E-state index is 13.5. The molecule has 41 heavy (non-hydrogen) atoms. The number of halogens is 5. The van der Waals surface area contributed by atoms with Gasteiger partial charge in [-0.2, -0.15) is 13.2 Å². The number of carboxylic acids is 1. The monoisotopic (exact) mass is 606 g/mol. The number of thiophene rings is 1. The van der Waals surface area contributed by atoms with E-state index in [1.165, 1.54) is 24.9 Å². The summed E-state index contributed by atoms with van der Waals surface area (Å²) in [6.07, 6.45) is -1.64. The Bertz CT molecular complexity index is 1600. The van der Waals surface area contributed by atoms with Gasteiger partial charge in [0, 0.05) is 5.69 Å². The zero-order chi connectivity index (χ0) is 29.6. The number of benzene rings is 2. The van der Waals surface area contributed by atoms with E-state index in [4.69, 9.17) is 26.2 Å². The SMILES string of the molecule is C[C@@H](Oc1ccc(Nc2ncnc3cc(C#C[C@H]4CCCN4)sc23)cc1Cl)c1cccc(F)c1.O=C(O)C(F)(F)F. The Morgan fingerprint density at radius 2 is 2.02 bits per heavy atom. The number of fused-ring (bicyclic) bond motifs is 1. The van der Waals surface area contributed by atoms with Crippen LogP contribution in [-0.2, 0) is 4.79 Å². The molecule has 2 aromatic heterocycles. The summed E-state index contributed by atoms with van der Waals surface area (Å²) in [4.78, 5) is 18.7. The first-order chi connectivity index (χ1) is 19.5. The Morgan fingerprint density at radius 3 is 2.68 bits per heavy atom. The van der Waals surface area contributed by atoms with Crippen molar-refractivity contribution in [3.63, 3.8) is 0 Å². The molecular weight excluding hydrogens is 584 g/mol. The molecule has 13 heteroatoms. The van der Waals surface area contributed by atoms with Gasteiger partial charge in [-0.05, 0) is 68.3 Å². The number of hydrogen-bond donors (Lipinski definition) is 3. The summed E-state index contributed by atoms with van der Waals surface area (Å²) in [7, 11) is 0. The third kappa shape index (κ3) is 8.29. The average Bonchev–Trinajstić information content (AvgIpc) is 3.59. The van der Waals surface area contributed by atoms with Crippen molar-refractivity contribution in [3.05, 3.63) is 76.1 Å². The number of anilines is 2. The first-order valence-electron chi connectivity index (χ1n) is 12.3. The summed E-state index contributed by atoms with van der Waals surface area (Å²) in [5.41, 5.74) is 2.36. The molecule has 2 aromatic carbocycles. The Balaban J connectivity index is 0.000000493.